The molecule has 1 N–H and O–H groups in total. The van der Waals surface area contributed by atoms with Crippen LogP contribution in [0.15, 0.2) is 0 Å². The molecule has 114 valence electrons. The van der Waals surface area contributed by atoms with Gasteiger partial charge in [0.1, 0.15) is 0 Å². The summed E-state index contributed by atoms with van der Waals surface area (Å²) in [6.07, 6.45) is 3.97. The molecule has 0 fully saturated rings. The van der Waals surface area contributed by atoms with Crippen LogP contribution in [0.25, 0.3) is 0 Å². The number of alkyl carbamates (subject to hydrolysis) is 1. The molecule has 0 radical (unpaired) electrons. The number of carbonyl (C=O) groups excluding carboxylic acids is 1. The van der Waals surface area contributed by atoms with Crippen molar-refractivity contribution in [3.05, 3.63) is 0 Å². The lowest BCUT2D eigenvalue weighted by Gasteiger charge is -2.04. The van der Waals surface area contributed by atoms with Crippen LogP contribution in [-0.2, 0) is 4.74 Å². The van der Waals surface area contributed by atoms with E-state index in [4.69, 9.17) is 4.74 Å². The van der Waals surface area contributed by atoms with E-state index in [1.807, 2.05) is 48.5 Å². The van der Waals surface area contributed by atoms with Crippen molar-refractivity contribution in [3.8, 4) is 0 Å². The second-order valence-electron chi connectivity index (χ2n) is 2.77. The fourth-order valence-electron chi connectivity index (χ4n) is 0.811. The zero-order chi connectivity index (χ0) is 15.2. The lowest BCUT2D eigenvalue weighted by Crippen LogP contribution is -2.25. The van der Waals surface area contributed by atoms with Gasteiger partial charge in [0.15, 0.2) is 0 Å². The molecule has 0 spiro atoms. The van der Waals surface area contributed by atoms with Gasteiger partial charge in [0.25, 0.3) is 0 Å². The average molecular weight is 263 g/mol. The van der Waals surface area contributed by atoms with E-state index in [9.17, 15) is 4.79 Å². The molecule has 0 saturated heterocycles. The minimum atomic E-state index is -0.284. The smallest absolute Gasteiger partial charge is 0.407 e. The van der Waals surface area contributed by atoms with Crippen molar-refractivity contribution in [3.63, 3.8) is 0 Å². The van der Waals surface area contributed by atoms with Crippen LogP contribution in [0.1, 0.15) is 81.1 Å². The van der Waals surface area contributed by atoms with Crippen molar-refractivity contribution in [2.45, 2.75) is 81.1 Å². The van der Waals surface area contributed by atoms with Crippen LogP contribution in [-0.4, -0.2) is 19.2 Å². The van der Waals surface area contributed by atoms with Gasteiger partial charge in [-0.15, -0.1) is 0 Å². The maximum atomic E-state index is 10.8. The molecule has 0 aliphatic carbocycles. The summed E-state index contributed by atoms with van der Waals surface area (Å²) in [6, 6.07) is 0. The van der Waals surface area contributed by atoms with E-state index >= 15 is 0 Å². The Morgan fingerprint density at radius 3 is 1.78 bits per heavy atom. The Morgan fingerprint density at radius 1 is 0.889 bits per heavy atom. The summed E-state index contributed by atoms with van der Waals surface area (Å²) in [5.41, 5.74) is 0. The van der Waals surface area contributed by atoms with Gasteiger partial charge in [-0.25, -0.2) is 4.79 Å². The van der Waals surface area contributed by atoms with Crippen LogP contribution in [0.4, 0.5) is 4.79 Å². The quantitative estimate of drug-likeness (QED) is 0.652. The lowest BCUT2D eigenvalue weighted by atomic mass is 10.2. The SMILES string of the molecule is CC.CC.CC.CCCCCNC(=O)OCCC. The highest BCUT2D eigenvalue weighted by atomic mass is 16.5. The molecule has 3 nitrogen and oxygen atoms in total. The van der Waals surface area contributed by atoms with Gasteiger partial charge in [-0.1, -0.05) is 68.2 Å². The molecular weight excluding hydrogens is 226 g/mol. The molecule has 3 heteroatoms. The lowest BCUT2D eigenvalue weighted by molar-refractivity contribution is 0.146. The van der Waals surface area contributed by atoms with Crippen molar-refractivity contribution in [2.75, 3.05) is 13.2 Å². The molecule has 0 aliphatic rings. The first kappa shape index (κ1) is 26.0. The van der Waals surface area contributed by atoms with Crippen LogP contribution >= 0.6 is 0 Å². The molecule has 0 unspecified atom stereocenters. The predicted octanol–water partition coefficient (Wildman–Crippen LogP) is 5.39. The number of hydrogen-bond acceptors (Lipinski definition) is 2. The summed E-state index contributed by atoms with van der Waals surface area (Å²) >= 11 is 0. The number of hydrogen-bond donors (Lipinski definition) is 1. The summed E-state index contributed by atoms with van der Waals surface area (Å²) in [6.45, 7) is 17.4. The molecule has 0 aliphatic heterocycles. The van der Waals surface area contributed by atoms with Gasteiger partial charge in [-0.2, -0.15) is 0 Å². The minimum absolute atomic E-state index is 0.284. The fourth-order valence-corrected chi connectivity index (χ4v) is 0.811. The topological polar surface area (TPSA) is 38.3 Å². The number of nitrogens with one attached hydrogen (secondary N) is 1. The molecule has 0 rings (SSSR count). The third-order valence-electron chi connectivity index (χ3n) is 1.49. The highest BCUT2D eigenvalue weighted by Crippen LogP contribution is 1.91. The third kappa shape index (κ3) is 36.2. The molecule has 18 heavy (non-hydrogen) atoms. The molecular formula is C15H37NO2. The maximum absolute atomic E-state index is 10.8. The molecule has 0 saturated carbocycles. The van der Waals surface area contributed by atoms with E-state index in [-0.39, 0.29) is 6.09 Å². The second kappa shape index (κ2) is 36.0. The summed E-state index contributed by atoms with van der Waals surface area (Å²) in [5, 5.41) is 2.69. The number of amides is 1. The largest absolute Gasteiger partial charge is 0.450 e. The first-order valence-corrected chi connectivity index (χ1v) is 7.71. The van der Waals surface area contributed by atoms with Gasteiger partial charge >= 0.3 is 6.09 Å². The molecule has 0 bridgehead atoms. The maximum Gasteiger partial charge on any atom is 0.407 e. The van der Waals surface area contributed by atoms with Crippen LogP contribution in [0.2, 0.25) is 0 Å². The van der Waals surface area contributed by atoms with Crippen LogP contribution in [0.3, 0.4) is 0 Å². The van der Waals surface area contributed by atoms with E-state index in [2.05, 4.69) is 12.2 Å². The van der Waals surface area contributed by atoms with Gasteiger partial charge in [-0.3, -0.25) is 0 Å². The van der Waals surface area contributed by atoms with Crippen LogP contribution < -0.4 is 5.32 Å². The van der Waals surface area contributed by atoms with E-state index < -0.39 is 0 Å². The highest BCUT2D eigenvalue weighted by molar-refractivity contribution is 5.66. The molecule has 0 heterocycles. The summed E-state index contributed by atoms with van der Waals surface area (Å²) in [7, 11) is 0. The van der Waals surface area contributed by atoms with Crippen LogP contribution in [0, 0.1) is 0 Å². The van der Waals surface area contributed by atoms with Crippen molar-refractivity contribution in [1.82, 2.24) is 5.32 Å². The van der Waals surface area contributed by atoms with Gasteiger partial charge in [0, 0.05) is 6.54 Å². The van der Waals surface area contributed by atoms with Gasteiger partial charge in [-0.05, 0) is 12.8 Å². The van der Waals surface area contributed by atoms with Crippen molar-refractivity contribution in [1.29, 1.82) is 0 Å². The Morgan fingerprint density at radius 2 is 1.39 bits per heavy atom. The van der Waals surface area contributed by atoms with Crippen molar-refractivity contribution < 1.29 is 9.53 Å². The molecule has 0 atom stereocenters. The van der Waals surface area contributed by atoms with Gasteiger partial charge < -0.3 is 10.1 Å². The molecule has 0 aromatic heterocycles. The van der Waals surface area contributed by atoms with Gasteiger partial charge in [0.2, 0.25) is 0 Å². The molecule has 1 amide bonds. The summed E-state index contributed by atoms with van der Waals surface area (Å²) in [4.78, 5) is 10.8. The number of rotatable bonds is 6. The third-order valence-corrected chi connectivity index (χ3v) is 1.49. The van der Waals surface area contributed by atoms with Crippen molar-refractivity contribution >= 4 is 6.09 Å². The Bertz CT molecular complexity index is 117. The predicted molar refractivity (Wildman–Crippen MR) is 83.2 cm³/mol. The number of ether oxygens (including phenoxy) is 1. The standard InChI is InChI=1S/C9H19NO2.3C2H6/c1-3-5-6-7-10-9(11)12-8-4-2;3*1-2/h3-8H2,1-2H3,(H,10,11);3*1-2H3. The Hall–Kier alpha value is -0.730. The van der Waals surface area contributed by atoms with Crippen molar-refractivity contribution in [2.24, 2.45) is 0 Å². The Kier molecular flexibility index (Phi) is 51.9. The zero-order valence-corrected chi connectivity index (χ0v) is 14.1. The number of unbranched alkanes of at least 4 members (excludes halogenated alkanes) is 2. The average Bonchev–Trinajstić information content (AvgIpc) is 2.48. The monoisotopic (exact) mass is 263 g/mol. The Labute approximate surface area is 116 Å². The minimum Gasteiger partial charge on any atom is -0.450 e. The highest BCUT2D eigenvalue weighted by Gasteiger charge is 1.97. The van der Waals surface area contributed by atoms with E-state index in [1.54, 1.807) is 0 Å². The second-order valence-corrected chi connectivity index (χ2v) is 2.77. The van der Waals surface area contributed by atoms with E-state index in [0.717, 1.165) is 25.8 Å². The molecule has 0 aromatic rings. The summed E-state index contributed by atoms with van der Waals surface area (Å²) in [5.74, 6) is 0. The summed E-state index contributed by atoms with van der Waals surface area (Å²) < 4.78 is 4.82. The zero-order valence-electron chi connectivity index (χ0n) is 14.1. The normalized spacial score (nSPS) is 7.33. The van der Waals surface area contributed by atoms with Crippen LogP contribution in [0.5, 0.6) is 0 Å². The first-order valence-electron chi connectivity index (χ1n) is 7.71. The molecule has 0 aromatic carbocycles. The van der Waals surface area contributed by atoms with E-state index in [1.165, 1.54) is 6.42 Å². The Balaban J connectivity index is -0.000000141. The van der Waals surface area contributed by atoms with Gasteiger partial charge in [0.05, 0.1) is 6.61 Å². The fraction of sp³-hybridized carbons (Fsp3) is 0.933. The van der Waals surface area contributed by atoms with E-state index in [0.29, 0.717) is 6.61 Å². The first-order chi connectivity index (χ1) is 8.81. The number of carbonyl (C=O) groups is 1.